The summed E-state index contributed by atoms with van der Waals surface area (Å²) in [5, 5.41) is 21.9. The van der Waals surface area contributed by atoms with Gasteiger partial charge >= 0.3 is 0 Å². The molecule has 0 amide bonds. The summed E-state index contributed by atoms with van der Waals surface area (Å²) >= 11 is 0. The van der Waals surface area contributed by atoms with Gasteiger partial charge in [0.1, 0.15) is 0 Å². The predicted octanol–water partition coefficient (Wildman–Crippen LogP) is 1.55. The van der Waals surface area contributed by atoms with Crippen molar-refractivity contribution in [1.82, 2.24) is 5.32 Å². The van der Waals surface area contributed by atoms with Crippen LogP contribution in [0.15, 0.2) is 0 Å². The monoisotopic (exact) mass is 261 g/mol. The molecule has 110 valence electrons. The smallest absolute Gasteiger partial charge is 0.0897 e. The summed E-state index contributed by atoms with van der Waals surface area (Å²) in [5.41, 5.74) is -0.138. The highest BCUT2D eigenvalue weighted by Gasteiger charge is 2.16. The first-order valence-electron chi connectivity index (χ1n) is 7.09. The molecule has 1 unspecified atom stereocenters. The Morgan fingerprint density at radius 3 is 2.56 bits per heavy atom. The summed E-state index contributed by atoms with van der Waals surface area (Å²) in [6.07, 6.45) is 4.29. The molecule has 0 saturated carbocycles. The molecule has 4 heteroatoms. The van der Waals surface area contributed by atoms with Crippen molar-refractivity contribution in [1.29, 1.82) is 0 Å². The maximum absolute atomic E-state index is 9.67. The van der Waals surface area contributed by atoms with Gasteiger partial charge in [-0.2, -0.15) is 0 Å². The number of nitrogens with one attached hydrogen (secondary N) is 1. The molecule has 0 saturated heterocycles. The van der Waals surface area contributed by atoms with Gasteiger partial charge in [0.05, 0.1) is 12.7 Å². The van der Waals surface area contributed by atoms with E-state index in [9.17, 15) is 5.11 Å². The van der Waals surface area contributed by atoms with Gasteiger partial charge in [0, 0.05) is 31.7 Å². The van der Waals surface area contributed by atoms with Gasteiger partial charge < -0.3 is 20.3 Å². The van der Waals surface area contributed by atoms with Crippen molar-refractivity contribution in [2.24, 2.45) is 5.41 Å². The third-order valence-electron chi connectivity index (χ3n) is 2.86. The van der Waals surface area contributed by atoms with Crippen LogP contribution in [0.4, 0.5) is 0 Å². The highest BCUT2D eigenvalue weighted by Crippen LogP contribution is 2.10. The number of hydrogen-bond acceptors (Lipinski definition) is 4. The van der Waals surface area contributed by atoms with E-state index in [4.69, 9.17) is 9.84 Å². The Hall–Kier alpha value is -0.160. The van der Waals surface area contributed by atoms with Crippen LogP contribution in [0.2, 0.25) is 0 Å². The minimum atomic E-state index is -0.467. The van der Waals surface area contributed by atoms with Crippen LogP contribution in [0, 0.1) is 5.41 Å². The van der Waals surface area contributed by atoms with Crippen LogP contribution in [0.1, 0.15) is 46.5 Å². The fraction of sp³-hybridized carbons (Fsp3) is 1.00. The predicted molar refractivity (Wildman–Crippen MR) is 74.7 cm³/mol. The Morgan fingerprint density at radius 1 is 1.22 bits per heavy atom. The highest BCUT2D eigenvalue weighted by molar-refractivity contribution is 4.71. The molecular formula is C14H31NO3. The molecule has 0 aliphatic carbocycles. The van der Waals surface area contributed by atoms with E-state index in [1.165, 1.54) is 19.3 Å². The van der Waals surface area contributed by atoms with Crippen LogP contribution in [0.25, 0.3) is 0 Å². The standard InChI is InChI=1S/C14H31NO3/c1-4-5-6-7-8-18-10-13(17)9-15-11-14(2,3)12-16/h13,15-17H,4-12H2,1-3H3. The molecule has 0 fully saturated rings. The largest absolute Gasteiger partial charge is 0.396 e. The van der Waals surface area contributed by atoms with Gasteiger partial charge in [-0.1, -0.05) is 40.0 Å². The summed E-state index contributed by atoms with van der Waals surface area (Å²) < 4.78 is 5.41. The zero-order chi connectivity index (χ0) is 13.9. The normalized spacial score (nSPS) is 13.8. The van der Waals surface area contributed by atoms with Crippen molar-refractivity contribution in [3.05, 3.63) is 0 Å². The van der Waals surface area contributed by atoms with Crippen LogP contribution in [-0.4, -0.2) is 49.2 Å². The molecule has 0 radical (unpaired) electrons. The average molecular weight is 261 g/mol. The maximum atomic E-state index is 9.67. The van der Waals surface area contributed by atoms with Crippen LogP contribution >= 0.6 is 0 Å². The van der Waals surface area contributed by atoms with Crippen LogP contribution in [-0.2, 0) is 4.74 Å². The molecule has 0 aliphatic heterocycles. The number of aliphatic hydroxyl groups excluding tert-OH is 2. The number of rotatable bonds is 12. The Kier molecular flexibility index (Phi) is 10.6. The van der Waals surface area contributed by atoms with Gasteiger partial charge in [-0.05, 0) is 6.42 Å². The second-order valence-corrected chi connectivity index (χ2v) is 5.74. The first kappa shape index (κ1) is 17.8. The molecular weight excluding hydrogens is 230 g/mol. The van der Waals surface area contributed by atoms with Gasteiger partial charge in [0.25, 0.3) is 0 Å². The molecule has 18 heavy (non-hydrogen) atoms. The van der Waals surface area contributed by atoms with Crippen molar-refractivity contribution in [2.45, 2.75) is 52.6 Å². The number of aliphatic hydroxyl groups is 2. The van der Waals surface area contributed by atoms with Gasteiger partial charge in [-0.25, -0.2) is 0 Å². The Morgan fingerprint density at radius 2 is 1.94 bits per heavy atom. The van der Waals surface area contributed by atoms with E-state index in [1.807, 2.05) is 13.8 Å². The Bertz CT molecular complexity index is 186. The first-order chi connectivity index (χ1) is 8.52. The van der Waals surface area contributed by atoms with Crippen molar-refractivity contribution in [3.63, 3.8) is 0 Å². The van der Waals surface area contributed by atoms with E-state index in [0.29, 0.717) is 19.7 Å². The lowest BCUT2D eigenvalue weighted by molar-refractivity contribution is 0.0334. The summed E-state index contributed by atoms with van der Waals surface area (Å²) in [6, 6.07) is 0. The minimum absolute atomic E-state index is 0.138. The van der Waals surface area contributed by atoms with Gasteiger partial charge in [-0.3, -0.25) is 0 Å². The summed E-state index contributed by atoms with van der Waals surface area (Å²) in [5.74, 6) is 0. The lowest BCUT2D eigenvalue weighted by Crippen LogP contribution is -2.38. The van der Waals surface area contributed by atoms with Crippen molar-refractivity contribution < 1.29 is 14.9 Å². The van der Waals surface area contributed by atoms with Crippen molar-refractivity contribution >= 4 is 0 Å². The molecule has 0 aromatic rings. The van der Waals surface area contributed by atoms with E-state index >= 15 is 0 Å². The summed E-state index contributed by atoms with van der Waals surface area (Å²) in [7, 11) is 0. The first-order valence-corrected chi connectivity index (χ1v) is 7.09. The van der Waals surface area contributed by atoms with E-state index < -0.39 is 6.10 Å². The molecule has 0 aromatic heterocycles. The minimum Gasteiger partial charge on any atom is -0.396 e. The molecule has 4 nitrogen and oxygen atoms in total. The molecule has 0 aromatic carbocycles. The SMILES string of the molecule is CCCCCCOCC(O)CNCC(C)(C)CO. The quantitative estimate of drug-likeness (QED) is 0.467. The Balaban J connectivity index is 3.35. The van der Waals surface area contributed by atoms with Gasteiger partial charge in [0.15, 0.2) is 0 Å². The van der Waals surface area contributed by atoms with Crippen LogP contribution < -0.4 is 5.32 Å². The zero-order valence-electron chi connectivity index (χ0n) is 12.2. The molecule has 0 heterocycles. The van der Waals surface area contributed by atoms with Crippen LogP contribution in [0.5, 0.6) is 0 Å². The molecule has 0 aliphatic rings. The third kappa shape index (κ3) is 11.0. The number of hydrogen-bond donors (Lipinski definition) is 3. The molecule has 0 bridgehead atoms. The van der Waals surface area contributed by atoms with E-state index in [0.717, 1.165) is 13.0 Å². The topological polar surface area (TPSA) is 61.7 Å². The fourth-order valence-corrected chi connectivity index (χ4v) is 1.54. The van der Waals surface area contributed by atoms with Gasteiger partial charge in [0.2, 0.25) is 0 Å². The Labute approximate surface area is 112 Å². The van der Waals surface area contributed by atoms with Crippen molar-refractivity contribution in [2.75, 3.05) is 32.9 Å². The maximum Gasteiger partial charge on any atom is 0.0897 e. The lowest BCUT2D eigenvalue weighted by Gasteiger charge is -2.23. The second kappa shape index (κ2) is 10.7. The third-order valence-corrected chi connectivity index (χ3v) is 2.86. The summed E-state index contributed by atoms with van der Waals surface area (Å²) in [4.78, 5) is 0. The highest BCUT2D eigenvalue weighted by atomic mass is 16.5. The van der Waals surface area contributed by atoms with Crippen LogP contribution in [0.3, 0.4) is 0 Å². The van der Waals surface area contributed by atoms with Crippen molar-refractivity contribution in [3.8, 4) is 0 Å². The fourth-order valence-electron chi connectivity index (χ4n) is 1.54. The average Bonchev–Trinajstić information content (AvgIpc) is 2.33. The second-order valence-electron chi connectivity index (χ2n) is 5.74. The van der Waals surface area contributed by atoms with Gasteiger partial charge in [-0.15, -0.1) is 0 Å². The lowest BCUT2D eigenvalue weighted by atomic mass is 9.95. The van der Waals surface area contributed by atoms with E-state index in [-0.39, 0.29) is 12.0 Å². The molecule has 0 rings (SSSR count). The number of ether oxygens (including phenoxy) is 1. The summed E-state index contributed by atoms with van der Waals surface area (Å²) in [6.45, 7) is 8.62. The number of unbranched alkanes of at least 4 members (excludes halogenated alkanes) is 3. The zero-order valence-corrected chi connectivity index (χ0v) is 12.2. The van der Waals surface area contributed by atoms with E-state index in [2.05, 4.69) is 12.2 Å². The molecule has 3 N–H and O–H groups in total. The molecule has 0 spiro atoms. The van der Waals surface area contributed by atoms with E-state index in [1.54, 1.807) is 0 Å². The molecule has 1 atom stereocenters.